The first-order chi connectivity index (χ1) is 10.7. The van der Waals surface area contributed by atoms with Crippen LogP contribution in [0.1, 0.15) is 47.0 Å². The van der Waals surface area contributed by atoms with Crippen molar-refractivity contribution in [1.82, 2.24) is 15.5 Å². The normalized spacial score (nSPS) is 34.1. The van der Waals surface area contributed by atoms with E-state index in [4.69, 9.17) is 4.74 Å². The summed E-state index contributed by atoms with van der Waals surface area (Å²) >= 11 is 0. The highest BCUT2D eigenvalue weighted by Gasteiger charge is 2.58. The molecule has 0 aromatic heterocycles. The fraction of sp³-hybridized carbons (Fsp3) is 0.882. The van der Waals surface area contributed by atoms with Gasteiger partial charge in [0.25, 0.3) is 0 Å². The van der Waals surface area contributed by atoms with Gasteiger partial charge in [-0.05, 0) is 26.7 Å². The molecule has 0 aromatic rings. The van der Waals surface area contributed by atoms with Crippen LogP contribution >= 0.6 is 0 Å². The average Bonchev–Trinajstić information content (AvgIpc) is 2.50. The summed E-state index contributed by atoms with van der Waals surface area (Å²) in [5, 5.41) is 7.06. The van der Waals surface area contributed by atoms with Crippen LogP contribution in [0.3, 0.4) is 0 Å². The lowest BCUT2D eigenvalue weighted by atomic mass is 9.56. The largest absolute Gasteiger partial charge is 0.378 e. The minimum atomic E-state index is -0.0978. The molecule has 1 aliphatic heterocycles. The van der Waals surface area contributed by atoms with Crippen LogP contribution in [0.4, 0.5) is 0 Å². The smallest absolute Gasteiger partial charge is 0.222 e. The highest BCUT2D eigenvalue weighted by atomic mass is 16.5. The molecule has 1 saturated heterocycles. The Morgan fingerprint density at radius 3 is 2.61 bits per heavy atom. The third-order valence-corrected chi connectivity index (χ3v) is 5.87. The van der Waals surface area contributed by atoms with E-state index in [0.29, 0.717) is 12.5 Å². The number of carbonyl (C=O) groups is 1. The molecule has 0 aromatic carbocycles. The number of nitrogens with zero attached hydrogens (tertiary/aromatic N) is 2. The van der Waals surface area contributed by atoms with E-state index in [1.807, 2.05) is 14.0 Å². The topological polar surface area (TPSA) is 66.0 Å². The lowest BCUT2D eigenvalue weighted by Crippen LogP contribution is -2.70. The molecule has 0 spiro atoms. The van der Waals surface area contributed by atoms with Gasteiger partial charge < -0.3 is 20.3 Å². The van der Waals surface area contributed by atoms with Crippen LogP contribution in [0, 0.1) is 5.41 Å². The van der Waals surface area contributed by atoms with Crippen LogP contribution in [0.5, 0.6) is 0 Å². The fourth-order valence-electron chi connectivity index (χ4n) is 3.50. The number of amides is 1. The van der Waals surface area contributed by atoms with E-state index < -0.39 is 0 Å². The number of piperidine rings is 1. The first-order valence-corrected chi connectivity index (χ1v) is 8.60. The van der Waals surface area contributed by atoms with Crippen molar-refractivity contribution in [2.75, 3.05) is 27.2 Å². The van der Waals surface area contributed by atoms with E-state index >= 15 is 0 Å². The second kappa shape index (κ2) is 6.67. The Bertz CT molecular complexity index is 477. The van der Waals surface area contributed by atoms with Crippen LogP contribution in [0.25, 0.3) is 0 Å². The quantitative estimate of drug-likeness (QED) is 0.605. The van der Waals surface area contributed by atoms with Crippen molar-refractivity contribution >= 4 is 11.9 Å². The summed E-state index contributed by atoms with van der Waals surface area (Å²) in [6, 6.07) is 0.584. The molecule has 0 radical (unpaired) electrons. The number of methoxy groups -OCH3 is 1. The first kappa shape index (κ1) is 18.0. The molecule has 2 fully saturated rings. The van der Waals surface area contributed by atoms with Gasteiger partial charge >= 0.3 is 0 Å². The predicted molar refractivity (Wildman–Crippen MR) is 92.5 cm³/mol. The third-order valence-electron chi connectivity index (χ3n) is 5.87. The highest BCUT2D eigenvalue weighted by Crippen LogP contribution is 2.51. The molecule has 1 saturated carbocycles. The van der Waals surface area contributed by atoms with Crippen molar-refractivity contribution in [1.29, 1.82) is 0 Å². The van der Waals surface area contributed by atoms with Crippen LogP contribution in [-0.4, -0.2) is 61.7 Å². The fourth-order valence-corrected chi connectivity index (χ4v) is 3.50. The molecule has 132 valence electrons. The Kier molecular flexibility index (Phi) is 5.23. The number of ether oxygens (including phenoxy) is 1. The summed E-state index contributed by atoms with van der Waals surface area (Å²) in [5.74, 6) is 1.07. The molecule has 0 bridgehead atoms. The van der Waals surface area contributed by atoms with E-state index in [2.05, 4.69) is 36.4 Å². The van der Waals surface area contributed by atoms with Gasteiger partial charge in [0, 0.05) is 51.2 Å². The molecule has 6 nitrogen and oxygen atoms in total. The summed E-state index contributed by atoms with van der Waals surface area (Å²) in [6.45, 7) is 10.1. The Hall–Kier alpha value is -1.30. The maximum absolute atomic E-state index is 11.6. The van der Waals surface area contributed by atoms with Crippen LogP contribution in [-0.2, 0) is 9.53 Å². The number of aliphatic imine (C=N–C) groups is 1. The maximum Gasteiger partial charge on any atom is 0.222 e. The number of likely N-dealkylation sites (tertiary alicyclic amines) is 1. The standard InChI is InChI=1S/C17H32N4O2/c1-7-18-15(19-12-8-9-14(22)21(5)11-12)20-13-10-17(4,23-6)16(13,2)3/h12-13H,7-11H2,1-6H3,(H2,18,19,20). The van der Waals surface area contributed by atoms with Gasteiger partial charge in [-0.25, -0.2) is 0 Å². The highest BCUT2D eigenvalue weighted by molar-refractivity contribution is 5.81. The zero-order chi connectivity index (χ0) is 17.3. The summed E-state index contributed by atoms with van der Waals surface area (Å²) < 4.78 is 5.69. The van der Waals surface area contributed by atoms with Crippen LogP contribution < -0.4 is 10.6 Å². The van der Waals surface area contributed by atoms with E-state index in [-0.39, 0.29) is 23.0 Å². The van der Waals surface area contributed by atoms with E-state index in [0.717, 1.165) is 31.9 Å². The van der Waals surface area contributed by atoms with Gasteiger partial charge in [-0.1, -0.05) is 13.8 Å². The molecule has 1 heterocycles. The average molecular weight is 324 g/mol. The van der Waals surface area contributed by atoms with Crippen molar-refractivity contribution in [3.63, 3.8) is 0 Å². The monoisotopic (exact) mass is 324 g/mol. The first-order valence-electron chi connectivity index (χ1n) is 8.60. The zero-order valence-electron chi connectivity index (χ0n) is 15.4. The summed E-state index contributed by atoms with van der Waals surface area (Å²) in [4.78, 5) is 18.0. The van der Waals surface area contributed by atoms with Crippen molar-refractivity contribution in [3.8, 4) is 0 Å². The Morgan fingerprint density at radius 2 is 2.09 bits per heavy atom. The number of rotatable bonds is 4. The predicted octanol–water partition coefficient (Wildman–Crippen LogP) is 1.37. The number of guanidine groups is 1. The maximum atomic E-state index is 11.6. The molecule has 3 atom stereocenters. The van der Waals surface area contributed by atoms with Gasteiger partial charge in [-0.3, -0.25) is 9.79 Å². The molecule has 2 aliphatic rings. The van der Waals surface area contributed by atoms with E-state index in [9.17, 15) is 4.79 Å². The Balaban J connectivity index is 1.96. The summed E-state index contributed by atoms with van der Waals surface area (Å²) in [7, 11) is 3.64. The van der Waals surface area contributed by atoms with Gasteiger partial charge in [-0.2, -0.15) is 0 Å². The molecular weight excluding hydrogens is 292 g/mol. The molecule has 23 heavy (non-hydrogen) atoms. The summed E-state index contributed by atoms with van der Waals surface area (Å²) in [6.07, 6.45) is 2.42. The SMILES string of the molecule is CCN=C(NC1CCC(=O)N(C)C1)NC1CC(C)(OC)C1(C)C. The van der Waals surface area contributed by atoms with Gasteiger partial charge in [0.15, 0.2) is 5.96 Å². The van der Waals surface area contributed by atoms with Crippen LogP contribution in [0.2, 0.25) is 0 Å². The number of hydrogen-bond acceptors (Lipinski definition) is 3. The molecule has 1 amide bonds. The minimum absolute atomic E-state index is 0.0390. The zero-order valence-corrected chi connectivity index (χ0v) is 15.4. The molecule has 3 unspecified atom stereocenters. The van der Waals surface area contributed by atoms with Gasteiger partial charge in [0.05, 0.1) is 5.60 Å². The number of likely N-dealkylation sites (N-methyl/N-ethyl adjacent to an activating group) is 1. The molecule has 6 heteroatoms. The van der Waals surface area contributed by atoms with Crippen LogP contribution in [0.15, 0.2) is 4.99 Å². The molecule has 2 N–H and O–H groups in total. The number of carbonyl (C=O) groups excluding carboxylic acids is 1. The van der Waals surface area contributed by atoms with Crippen molar-refractivity contribution in [3.05, 3.63) is 0 Å². The Labute approximate surface area is 140 Å². The molecular formula is C17H32N4O2. The molecule has 2 rings (SSSR count). The van der Waals surface area contributed by atoms with E-state index in [1.165, 1.54) is 0 Å². The Morgan fingerprint density at radius 1 is 1.39 bits per heavy atom. The van der Waals surface area contributed by atoms with Gasteiger partial charge in [0.2, 0.25) is 5.91 Å². The molecule has 1 aliphatic carbocycles. The summed E-state index contributed by atoms with van der Waals surface area (Å²) in [5.41, 5.74) is -0.0588. The second-order valence-corrected chi connectivity index (χ2v) is 7.53. The van der Waals surface area contributed by atoms with Gasteiger partial charge in [0.1, 0.15) is 0 Å². The third kappa shape index (κ3) is 3.47. The lowest BCUT2D eigenvalue weighted by molar-refractivity contribution is -0.176. The second-order valence-electron chi connectivity index (χ2n) is 7.53. The lowest BCUT2D eigenvalue weighted by Gasteiger charge is -2.59. The number of nitrogens with one attached hydrogen (secondary N) is 2. The van der Waals surface area contributed by atoms with Gasteiger partial charge in [-0.15, -0.1) is 0 Å². The van der Waals surface area contributed by atoms with Crippen molar-refractivity contribution in [2.45, 2.75) is 64.6 Å². The van der Waals surface area contributed by atoms with E-state index in [1.54, 1.807) is 12.0 Å². The number of hydrogen-bond donors (Lipinski definition) is 2. The van der Waals surface area contributed by atoms with Crippen molar-refractivity contribution < 1.29 is 9.53 Å². The van der Waals surface area contributed by atoms with Crippen molar-refractivity contribution in [2.24, 2.45) is 10.4 Å². The minimum Gasteiger partial charge on any atom is -0.378 e.